The maximum absolute atomic E-state index is 5.70. The minimum absolute atomic E-state index is 0.00811. The van der Waals surface area contributed by atoms with Crippen LogP contribution >= 0.6 is 0 Å². The maximum Gasteiger partial charge on any atom is 0.143 e. The molecule has 0 saturated heterocycles. The summed E-state index contributed by atoms with van der Waals surface area (Å²) in [4.78, 5) is 4.33. The Morgan fingerprint density at radius 1 is 0.882 bits per heavy atom. The van der Waals surface area contributed by atoms with Crippen LogP contribution in [0.3, 0.4) is 0 Å². The van der Waals surface area contributed by atoms with Gasteiger partial charge in [-0.2, -0.15) is 0 Å². The lowest BCUT2D eigenvalue weighted by molar-refractivity contribution is 0.413. The van der Waals surface area contributed by atoms with Crippen LogP contribution in [0.1, 0.15) is 34.0 Å². The number of rotatable bonds is 4. The average molecular weight is 448 g/mol. The molecule has 1 aliphatic carbocycles. The van der Waals surface area contributed by atoms with Crippen LogP contribution in [0, 0.1) is 6.92 Å². The van der Waals surface area contributed by atoms with Gasteiger partial charge in [-0.25, -0.2) is 9.67 Å². The largest absolute Gasteiger partial charge is 0.495 e. The van der Waals surface area contributed by atoms with E-state index in [0.717, 1.165) is 41.2 Å². The lowest BCUT2D eigenvalue weighted by Crippen LogP contribution is -2.14. The predicted molar refractivity (Wildman–Crippen MR) is 131 cm³/mol. The van der Waals surface area contributed by atoms with Crippen molar-refractivity contribution in [2.45, 2.75) is 25.8 Å². The number of aromatic nitrogens is 5. The van der Waals surface area contributed by atoms with E-state index >= 15 is 0 Å². The van der Waals surface area contributed by atoms with E-state index in [9.17, 15) is 0 Å². The van der Waals surface area contributed by atoms with Crippen molar-refractivity contribution in [2.75, 3.05) is 7.11 Å². The standard InChI is InChI=1S/C28H25N5O/c1-19-16-32(18-29-19)26-14-13-22(15-27(26)34-2)25-17-33(31-30-25)28-23-9-5-3-7-20(23)11-12-21-8-4-6-10-24(21)28/h3-10,13-18,28H,11-12H2,1-2H3. The number of nitrogens with zero attached hydrogens (tertiary/aromatic N) is 5. The second-order valence-electron chi connectivity index (χ2n) is 8.69. The first-order valence-corrected chi connectivity index (χ1v) is 11.5. The van der Waals surface area contributed by atoms with Gasteiger partial charge in [0, 0.05) is 11.8 Å². The van der Waals surface area contributed by atoms with E-state index in [-0.39, 0.29) is 6.04 Å². The minimum atomic E-state index is -0.00811. The topological polar surface area (TPSA) is 57.8 Å². The summed E-state index contributed by atoms with van der Waals surface area (Å²) >= 11 is 0. The Labute approximate surface area is 198 Å². The predicted octanol–water partition coefficient (Wildman–Crippen LogP) is 5.18. The molecular formula is C28H25N5O. The van der Waals surface area contributed by atoms with Gasteiger partial charge in [-0.15, -0.1) is 5.10 Å². The van der Waals surface area contributed by atoms with Crippen molar-refractivity contribution in [2.24, 2.45) is 0 Å². The molecule has 1 aliphatic rings. The van der Waals surface area contributed by atoms with Gasteiger partial charge >= 0.3 is 0 Å². The molecule has 168 valence electrons. The summed E-state index contributed by atoms with van der Waals surface area (Å²) in [6.07, 6.45) is 7.87. The lowest BCUT2D eigenvalue weighted by atomic mass is 9.95. The number of methoxy groups -OCH3 is 1. The van der Waals surface area contributed by atoms with Gasteiger partial charge in [0.15, 0.2) is 0 Å². The van der Waals surface area contributed by atoms with Crippen molar-refractivity contribution in [1.82, 2.24) is 24.5 Å². The molecule has 5 aromatic rings. The Bertz CT molecular complexity index is 1430. The van der Waals surface area contributed by atoms with Crippen molar-refractivity contribution in [1.29, 1.82) is 0 Å². The number of hydrogen-bond acceptors (Lipinski definition) is 4. The maximum atomic E-state index is 5.70. The van der Waals surface area contributed by atoms with Gasteiger partial charge < -0.3 is 9.30 Å². The molecule has 3 aromatic carbocycles. The summed E-state index contributed by atoms with van der Waals surface area (Å²) in [5.41, 5.74) is 8.96. The van der Waals surface area contributed by atoms with Crippen LogP contribution in [0.4, 0.5) is 0 Å². The summed E-state index contributed by atoms with van der Waals surface area (Å²) in [7, 11) is 1.68. The molecular weight excluding hydrogens is 422 g/mol. The number of fused-ring (bicyclic) bond motifs is 2. The summed E-state index contributed by atoms with van der Waals surface area (Å²) in [5, 5.41) is 9.16. The first-order valence-electron chi connectivity index (χ1n) is 11.5. The number of imidazole rings is 1. The van der Waals surface area contributed by atoms with Crippen LogP contribution in [0.5, 0.6) is 5.75 Å². The van der Waals surface area contributed by atoms with Crippen LogP contribution in [0.25, 0.3) is 16.9 Å². The molecule has 0 unspecified atom stereocenters. The van der Waals surface area contributed by atoms with Crippen molar-refractivity contribution in [3.8, 4) is 22.7 Å². The van der Waals surface area contributed by atoms with E-state index in [1.54, 1.807) is 13.4 Å². The SMILES string of the molecule is COc1cc(-c2cn(C3c4ccccc4CCc4ccccc43)nn2)ccc1-n1cnc(C)c1. The zero-order chi connectivity index (χ0) is 23.1. The summed E-state index contributed by atoms with van der Waals surface area (Å²) < 4.78 is 9.66. The molecule has 6 heteroatoms. The Hall–Kier alpha value is -4.19. The van der Waals surface area contributed by atoms with E-state index in [2.05, 4.69) is 69.9 Å². The van der Waals surface area contributed by atoms with Crippen LogP contribution in [0.2, 0.25) is 0 Å². The Morgan fingerprint density at radius 2 is 1.59 bits per heavy atom. The molecule has 0 N–H and O–H groups in total. The molecule has 0 fully saturated rings. The van der Waals surface area contributed by atoms with Crippen molar-refractivity contribution in [3.05, 3.63) is 113 Å². The van der Waals surface area contributed by atoms with Gasteiger partial charge in [-0.1, -0.05) is 59.8 Å². The molecule has 2 heterocycles. The summed E-state index contributed by atoms with van der Waals surface area (Å²) in [5.74, 6) is 0.759. The second-order valence-corrected chi connectivity index (χ2v) is 8.69. The summed E-state index contributed by atoms with van der Waals surface area (Å²) in [6.45, 7) is 1.97. The van der Waals surface area contributed by atoms with Crippen molar-refractivity contribution < 1.29 is 4.74 Å². The number of ether oxygens (including phenoxy) is 1. The molecule has 6 rings (SSSR count). The van der Waals surface area contributed by atoms with Crippen molar-refractivity contribution in [3.63, 3.8) is 0 Å². The molecule has 0 atom stereocenters. The van der Waals surface area contributed by atoms with Gasteiger partial charge in [0.25, 0.3) is 0 Å². The van der Waals surface area contributed by atoms with E-state index in [1.807, 2.05) is 40.7 Å². The third-order valence-corrected chi connectivity index (χ3v) is 6.60. The first kappa shape index (κ1) is 20.4. The zero-order valence-corrected chi connectivity index (χ0v) is 19.2. The minimum Gasteiger partial charge on any atom is -0.495 e. The highest BCUT2D eigenvalue weighted by atomic mass is 16.5. The van der Waals surface area contributed by atoms with Gasteiger partial charge in [0.1, 0.15) is 17.5 Å². The smallest absolute Gasteiger partial charge is 0.143 e. The van der Waals surface area contributed by atoms with Crippen LogP contribution < -0.4 is 4.74 Å². The highest BCUT2D eigenvalue weighted by molar-refractivity contribution is 5.65. The molecule has 0 aliphatic heterocycles. The fourth-order valence-corrected chi connectivity index (χ4v) is 4.92. The third-order valence-electron chi connectivity index (χ3n) is 6.60. The molecule has 0 amide bonds. The third kappa shape index (κ3) is 3.48. The number of hydrogen-bond donors (Lipinski definition) is 0. The Morgan fingerprint density at radius 3 is 2.24 bits per heavy atom. The fourth-order valence-electron chi connectivity index (χ4n) is 4.92. The first-order chi connectivity index (χ1) is 16.7. The lowest BCUT2D eigenvalue weighted by Gasteiger charge is -2.20. The second kappa shape index (κ2) is 8.30. The van der Waals surface area contributed by atoms with Crippen LogP contribution in [0.15, 0.2) is 85.5 Å². The van der Waals surface area contributed by atoms with Gasteiger partial charge in [-0.05, 0) is 54.2 Å². The average Bonchev–Trinajstić information content (AvgIpc) is 3.50. The molecule has 2 aromatic heterocycles. The van der Waals surface area contributed by atoms with Crippen LogP contribution in [-0.2, 0) is 12.8 Å². The highest BCUT2D eigenvalue weighted by Crippen LogP contribution is 2.36. The molecule has 0 radical (unpaired) electrons. The molecule has 0 bridgehead atoms. The normalized spacial score (nSPS) is 13.2. The van der Waals surface area contributed by atoms with E-state index in [0.29, 0.717) is 0 Å². The highest BCUT2D eigenvalue weighted by Gasteiger charge is 2.26. The molecule has 0 spiro atoms. The van der Waals surface area contributed by atoms with Gasteiger partial charge in [0.2, 0.25) is 0 Å². The van der Waals surface area contributed by atoms with Gasteiger partial charge in [0.05, 0.1) is 31.0 Å². The summed E-state index contributed by atoms with van der Waals surface area (Å²) in [6, 6.07) is 23.4. The van der Waals surface area contributed by atoms with E-state index < -0.39 is 0 Å². The Kier molecular flexibility index (Phi) is 4.99. The molecule has 34 heavy (non-hydrogen) atoms. The van der Waals surface area contributed by atoms with Crippen molar-refractivity contribution >= 4 is 0 Å². The van der Waals surface area contributed by atoms with E-state index in [1.165, 1.54) is 22.3 Å². The monoisotopic (exact) mass is 447 g/mol. The quantitative estimate of drug-likeness (QED) is 0.381. The Balaban J connectivity index is 1.43. The van der Waals surface area contributed by atoms with E-state index in [4.69, 9.17) is 4.74 Å². The van der Waals surface area contributed by atoms with Gasteiger partial charge in [-0.3, -0.25) is 0 Å². The fraction of sp³-hybridized carbons (Fsp3) is 0.179. The zero-order valence-electron chi connectivity index (χ0n) is 19.2. The number of benzene rings is 3. The number of aryl methyl sites for hydroxylation is 3. The molecule has 6 nitrogen and oxygen atoms in total. The van der Waals surface area contributed by atoms with Crippen LogP contribution in [-0.4, -0.2) is 31.7 Å². The molecule has 0 saturated carbocycles.